The molecule has 0 aliphatic carbocycles. The van der Waals surface area contributed by atoms with Gasteiger partial charge in [0, 0.05) is 42.5 Å². The summed E-state index contributed by atoms with van der Waals surface area (Å²) in [6.45, 7) is 5.17. The minimum atomic E-state index is -0.161. The van der Waals surface area contributed by atoms with Gasteiger partial charge in [-0.05, 0) is 37.5 Å². The molecule has 0 saturated carbocycles. The molecule has 0 spiro atoms. The van der Waals surface area contributed by atoms with Crippen LogP contribution in [0.1, 0.15) is 39.3 Å². The maximum atomic E-state index is 12.5. The molecule has 0 aliphatic rings. The Hall–Kier alpha value is -2.25. The smallest absolute Gasteiger partial charge is 0.256 e. The summed E-state index contributed by atoms with van der Waals surface area (Å²) in [7, 11) is 1.65. The molecule has 0 saturated heterocycles. The number of amides is 1. The molecule has 1 N–H and O–H groups in total. The van der Waals surface area contributed by atoms with Crippen LogP contribution in [-0.2, 0) is 11.2 Å². The predicted octanol–water partition coefficient (Wildman–Crippen LogP) is 3.47. The third-order valence-corrected chi connectivity index (χ3v) is 5.36. The van der Waals surface area contributed by atoms with Crippen LogP contribution in [-0.4, -0.2) is 40.8 Å². The first-order valence-corrected chi connectivity index (χ1v) is 9.66. The standard InChI is InChI=1S/C20H23BrN4O2/c1-13-16(11-15-7-4-5-8-18(15)21)14(2)25-19(24-13)17(12-23-25)20(26)22-9-6-10-27-3/h4-5,7-8,12H,6,9-11H2,1-3H3,(H,22,26). The number of methoxy groups -OCH3 is 1. The summed E-state index contributed by atoms with van der Waals surface area (Å²) < 4.78 is 7.83. The Kier molecular flexibility index (Phi) is 6.23. The van der Waals surface area contributed by atoms with Gasteiger partial charge in [0.1, 0.15) is 5.56 Å². The SMILES string of the molecule is COCCCNC(=O)c1cnn2c(C)c(Cc3ccccc3Br)c(C)nc12. The van der Waals surface area contributed by atoms with Gasteiger partial charge < -0.3 is 10.1 Å². The van der Waals surface area contributed by atoms with E-state index in [4.69, 9.17) is 4.74 Å². The minimum Gasteiger partial charge on any atom is -0.385 e. The van der Waals surface area contributed by atoms with Crippen LogP contribution in [0.3, 0.4) is 0 Å². The van der Waals surface area contributed by atoms with Gasteiger partial charge in [-0.25, -0.2) is 9.50 Å². The third kappa shape index (κ3) is 4.20. The maximum Gasteiger partial charge on any atom is 0.256 e. The molecule has 0 radical (unpaired) electrons. The summed E-state index contributed by atoms with van der Waals surface area (Å²) in [4.78, 5) is 17.2. The lowest BCUT2D eigenvalue weighted by Crippen LogP contribution is -2.25. The van der Waals surface area contributed by atoms with Gasteiger partial charge in [-0.2, -0.15) is 5.10 Å². The van der Waals surface area contributed by atoms with Crippen LogP contribution in [0.5, 0.6) is 0 Å². The van der Waals surface area contributed by atoms with Gasteiger partial charge in [0.15, 0.2) is 5.65 Å². The van der Waals surface area contributed by atoms with E-state index >= 15 is 0 Å². The zero-order chi connectivity index (χ0) is 19.4. The molecule has 3 rings (SSSR count). The Balaban J connectivity index is 1.90. The normalized spacial score (nSPS) is 11.1. The molecule has 6 nitrogen and oxygen atoms in total. The molecular weight excluding hydrogens is 408 g/mol. The van der Waals surface area contributed by atoms with E-state index in [1.165, 1.54) is 5.56 Å². The Morgan fingerprint density at radius 3 is 2.81 bits per heavy atom. The highest BCUT2D eigenvalue weighted by molar-refractivity contribution is 9.10. The number of ether oxygens (including phenoxy) is 1. The topological polar surface area (TPSA) is 68.5 Å². The number of carbonyl (C=O) groups excluding carboxylic acids is 1. The summed E-state index contributed by atoms with van der Waals surface area (Å²) in [6, 6.07) is 8.15. The maximum absolute atomic E-state index is 12.5. The summed E-state index contributed by atoms with van der Waals surface area (Å²) in [5, 5.41) is 7.30. The van der Waals surface area contributed by atoms with Gasteiger partial charge in [-0.15, -0.1) is 0 Å². The highest BCUT2D eigenvalue weighted by Gasteiger charge is 2.18. The van der Waals surface area contributed by atoms with Crippen LogP contribution in [0.4, 0.5) is 0 Å². The quantitative estimate of drug-likeness (QED) is 0.582. The van der Waals surface area contributed by atoms with E-state index in [0.717, 1.165) is 34.3 Å². The Morgan fingerprint density at radius 2 is 2.07 bits per heavy atom. The van der Waals surface area contributed by atoms with Crippen molar-refractivity contribution in [3.63, 3.8) is 0 Å². The van der Waals surface area contributed by atoms with Crippen molar-refractivity contribution in [1.29, 1.82) is 0 Å². The number of rotatable bonds is 7. The summed E-state index contributed by atoms with van der Waals surface area (Å²) in [6.07, 6.45) is 3.10. The van der Waals surface area contributed by atoms with Gasteiger partial charge in [-0.1, -0.05) is 34.1 Å². The molecule has 3 aromatic rings. The molecule has 0 atom stereocenters. The Bertz CT molecular complexity index is 968. The number of halogens is 1. The predicted molar refractivity (Wildman–Crippen MR) is 108 cm³/mol. The number of aryl methyl sites for hydroxylation is 2. The first kappa shape index (κ1) is 19.5. The summed E-state index contributed by atoms with van der Waals surface area (Å²) in [5.74, 6) is -0.161. The summed E-state index contributed by atoms with van der Waals surface area (Å²) >= 11 is 3.61. The van der Waals surface area contributed by atoms with Gasteiger partial charge in [0.2, 0.25) is 0 Å². The Morgan fingerprint density at radius 1 is 1.30 bits per heavy atom. The number of benzene rings is 1. The first-order chi connectivity index (χ1) is 13.0. The lowest BCUT2D eigenvalue weighted by molar-refractivity contribution is 0.0950. The van der Waals surface area contributed by atoms with Crippen LogP contribution in [0.25, 0.3) is 5.65 Å². The van der Waals surface area contributed by atoms with Crippen molar-refractivity contribution < 1.29 is 9.53 Å². The second-order valence-electron chi connectivity index (χ2n) is 6.43. The van der Waals surface area contributed by atoms with E-state index in [2.05, 4.69) is 37.4 Å². The average Bonchev–Trinajstić information content (AvgIpc) is 3.07. The lowest BCUT2D eigenvalue weighted by atomic mass is 10.0. The van der Waals surface area contributed by atoms with Crippen LogP contribution >= 0.6 is 15.9 Å². The van der Waals surface area contributed by atoms with Gasteiger partial charge >= 0.3 is 0 Å². The van der Waals surface area contributed by atoms with Crippen molar-refractivity contribution in [2.75, 3.05) is 20.3 Å². The van der Waals surface area contributed by atoms with E-state index in [1.807, 2.05) is 32.0 Å². The van der Waals surface area contributed by atoms with E-state index < -0.39 is 0 Å². The van der Waals surface area contributed by atoms with Gasteiger partial charge in [0.25, 0.3) is 5.91 Å². The number of aromatic nitrogens is 3. The fourth-order valence-corrected chi connectivity index (χ4v) is 3.50. The van der Waals surface area contributed by atoms with E-state index in [1.54, 1.807) is 17.8 Å². The van der Waals surface area contributed by atoms with Gasteiger partial charge in [0.05, 0.1) is 6.20 Å². The fourth-order valence-electron chi connectivity index (χ4n) is 3.07. The number of carbonyl (C=O) groups is 1. The molecule has 2 heterocycles. The number of fused-ring (bicyclic) bond motifs is 1. The number of hydrogen-bond acceptors (Lipinski definition) is 4. The van der Waals surface area contributed by atoms with Crippen LogP contribution in [0.15, 0.2) is 34.9 Å². The van der Waals surface area contributed by atoms with E-state index in [9.17, 15) is 4.79 Å². The lowest BCUT2D eigenvalue weighted by Gasteiger charge is -2.12. The minimum absolute atomic E-state index is 0.161. The monoisotopic (exact) mass is 430 g/mol. The number of hydrogen-bond donors (Lipinski definition) is 1. The van der Waals surface area contributed by atoms with Crippen molar-refractivity contribution >= 4 is 27.5 Å². The Labute approximate surface area is 167 Å². The summed E-state index contributed by atoms with van der Waals surface area (Å²) in [5.41, 5.74) is 5.28. The van der Waals surface area contributed by atoms with Crippen molar-refractivity contribution in [3.8, 4) is 0 Å². The highest BCUT2D eigenvalue weighted by Crippen LogP contribution is 2.24. The molecule has 142 valence electrons. The molecular formula is C20H23BrN4O2. The van der Waals surface area contributed by atoms with E-state index in [-0.39, 0.29) is 5.91 Å². The van der Waals surface area contributed by atoms with Gasteiger partial charge in [-0.3, -0.25) is 4.79 Å². The molecule has 0 fully saturated rings. The van der Waals surface area contributed by atoms with Crippen molar-refractivity contribution in [2.24, 2.45) is 0 Å². The zero-order valence-electron chi connectivity index (χ0n) is 15.8. The molecule has 2 aromatic heterocycles. The van der Waals surface area contributed by atoms with Crippen molar-refractivity contribution in [1.82, 2.24) is 19.9 Å². The molecule has 1 aromatic carbocycles. The molecule has 1 amide bonds. The second-order valence-corrected chi connectivity index (χ2v) is 7.28. The molecule has 7 heteroatoms. The molecule has 27 heavy (non-hydrogen) atoms. The molecule has 0 aliphatic heterocycles. The zero-order valence-corrected chi connectivity index (χ0v) is 17.3. The third-order valence-electron chi connectivity index (χ3n) is 4.59. The highest BCUT2D eigenvalue weighted by atomic mass is 79.9. The van der Waals surface area contributed by atoms with E-state index in [0.29, 0.717) is 24.4 Å². The fraction of sp³-hybridized carbons (Fsp3) is 0.350. The second kappa shape index (κ2) is 8.63. The average molecular weight is 431 g/mol. The number of nitrogens with zero attached hydrogens (tertiary/aromatic N) is 3. The molecule has 0 bridgehead atoms. The van der Waals surface area contributed by atoms with Crippen molar-refractivity contribution in [3.05, 3.63) is 63.0 Å². The first-order valence-electron chi connectivity index (χ1n) is 8.87. The molecule has 0 unspecified atom stereocenters. The largest absolute Gasteiger partial charge is 0.385 e. The van der Waals surface area contributed by atoms with Crippen LogP contribution < -0.4 is 5.32 Å². The number of nitrogens with one attached hydrogen (secondary N) is 1. The van der Waals surface area contributed by atoms with Crippen molar-refractivity contribution in [2.45, 2.75) is 26.7 Å². The van der Waals surface area contributed by atoms with Crippen LogP contribution in [0.2, 0.25) is 0 Å². The van der Waals surface area contributed by atoms with Crippen LogP contribution in [0, 0.1) is 13.8 Å².